The number of halogens is 2. The van der Waals surface area contributed by atoms with Gasteiger partial charge in [0.05, 0.1) is 0 Å². The van der Waals surface area contributed by atoms with Crippen molar-refractivity contribution in [1.82, 2.24) is 0 Å². The summed E-state index contributed by atoms with van der Waals surface area (Å²) in [6, 6.07) is -0.902. The van der Waals surface area contributed by atoms with Gasteiger partial charge in [-0.15, -0.1) is 0 Å². The van der Waals surface area contributed by atoms with E-state index in [1.165, 1.54) is 6.08 Å². The molecular weight excluding hydrogens is 330 g/mol. The van der Waals surface area contributed by atoms with E-state index >= 15 is 0 Å². The molecule has 1 rings (SSSR count). The molecule has 6 heteroatoms. The highest BCUT2D eigenvalue weighted by atomic mass is 79.9. The number of aliphatic carboxylic acids is 1. The predicted molar refractivity (Wildman–Crippen MR) is 64.2 cm³/mol. The summed E-state index contributed by atoms with van der Waals surface area (Å²) in [6.45, 7) is 0. The molecule has 0 aromatic rings. The number of aliphatic hydroxyl groups excluding tert-OH is 1. The van der Waals surface area contributed by atoms with Gasteiger partial charge in [-0.3, -0.25) is 4.79 Å². The van der Waals surface area contributed by atoms with Crippen molar-refractivity contribution >= 4 is 37.8 Å². The Morgan fingerprint density at radius 3 is 2.67 bits per heavy atom. The molecule has 0 heterocycles. The van der Waals surface area contributed by atoms with Crippen molar-refractivity contribution in [3.63, 3.8) is 0 Å². The maximum absolute atomic E-state index is 10.6. The van der Waals surface area contributed by atoms with E-state index in [-0.39, 0.29) is 12.2 Å². The van der Waals surface area contributed by atoms with Gasteiger partial charge in [-0.25, -0.2) is 0 Å². The van der Waals surface area contributed by atoms with E-state index in [0.29, 0.717) is 6.42 Å². The smallest absolute Gasteiger partial charge is 0.320 e. The Labute approximate surface area is 104 Å². The lowest BCUT2D eigenvalue weighted by atomic mass is 9.97. The topological polar surface area (TPSA) is 83.5 Å². The molecule has 0 aliphatic heterocycles. The maximum atomic E-state index is 10.6. The van der Waals surface area contributed by atoms with Crippen molar-refractivity contribution in [1.29, 1.82) is 0 Å². The van der Waals surface area contributed by atoms with Gasteiger partial charge < -0.3 is 15.9 Å². The highest BCUT2D eigenvalue weighted by Gasteiger charge is 2.32. The number of rotatable bonds is 3. The van der Waals surface area contributed by atoms with Crippen LogP contribution < -0.4 is 5.73 Å². The molecule has 0 aromatic heterocycles. The SMILES string of the molecule is NC(CC1=CC=C(O)C(Br)(Br)C1)C(=O)O. The Hall–Kier alpha value is -0.330. The van der Waals surface area contributed by atoms with Gasteiger partial charge in [0.2, 0.25) is 0 Å². The minimum Gasteiger partial charge on any atom is -0.510 e. The molecule has 0 saturated heterocycles. The molecule has 0 radical (unpaired) electrons. The number of aliphatic hydroxyl groups is 1. The van der Waals surface area contributed by atoms with Gasteiger partial charge in [0.25, 0.3) is 0 Å². The van der Waals surface area contributed by atoms with E-state index < -0.39 is 15.2 Å². The Morgan fingerprint density at radius 2 is 2.20 bits per heavy atom. The lowest BCUT2D eigenvalue weighted by Gasteiger charge is -2.25. The molecule has 15 heavy (non-hydrogen) atoms. The highest BCUT2D eigenvalue weighted by molar-refractivity contribution is 9.25. The average Bonchev–Trinajstić information content (AvgIpc) is 2.10. The Bertz CT molecular complexity index is 336. The second-order valence-electron chi connectivity index (χ2n) is 3.41. The van der Waals surface area contributed by atoms with E-state index in [1.807, 2.05) is 0 Å². The summed E-state index contributed by atoms with van der Waals surface area (Å²) in [5.74, 6) is -0.862. The number of nitrogens with two attached hydrogens (primary N) is 1. The second kappa shape index (κ2) is 4.67. The van der Waals surface area contributed by atoms with Crippen molar-refractivity contribution in [2.75, 3.05) is 0 Å². The highest BCUT2D eigenvalue weighted by Crippen LogP contribution is 2.42. The van der Waals surface area contributed by atoms with Gasteiger partial charge in [0.1, 0.15) is 15.0 Å². The van der Waals surface area contributed by atoms with Gasteiger partial charge in [-0.2, -0.15) is 0 Å². The molecular formula is C9H11Br2NO3. The zero-order chi connectivity index (χ0) is 11.6. The quantitative estimate of drug-likeness (QED) is 0.686. The fourth-order valence-electron chi connectivity index (χ4n) is 1.26. The maximum Gasteiger partial charge on any atom is 0.320 e. The number of hydrogen-bond acceptors (Lipinski definition) is 3. The van der Waals surface area contributed by atoms with E-state index in [2.05, 4.69) is 31.9 Å². The van der Waals surface area contributed by atoms with Crippen LogP contribution in [-0.2, 0) is 4.79 Å². The van der Waals surface area contributed by atoms with Crippen LogP contribution in [0.5, 0.6) is 0 Å². The van der Waals surface area contributed by atoms with Crippen LogP contribution in [0.1, 0.15) is 12.8 Å². The van der Waals surface area contributed by atoms with E-state index in [4.69, 9.17) is 10.8 Å². The first-order valence-corrected chi connectivity index (χ1v) is 5.87. The number of carboxylic acid groups (broad SMARTS) is 1. The predicted octanol–water partition coefficient (Wildman–Crippen LogP) is 2.05. The van der Waals surface area contributed by atoms with Crippen molar-refractivity contribution in [2.45, 2.75) is 22.1 Å². The third-order valence-corrected chi connectivity index (χ3v) is 3.47. The normalized spacial score (nSPS) is 21.5. The van der Waals surface area contributed by atoms with E-state index in [1.54, 1.807) is 6.08 Å². The summed E-state index contributed by atoms with van der Waals surface area (Å²) in [5, 5.41) is 18.1. The third kappa shape index (κ3) is 3.32. The fourth-order valence-corrected chi connectivity index (χ4v) is 2.25. The molecule has 84 valence electrons. The van der Waals surface area contributed by atoms with Crippen LogP contribution in [0.2, 0.25) is 0 Å². The van der Waals surface area contributed by atoms with Crippen molar-refractivity contribution in [3.8, 4) is 0 Å². The Balaban J connectivity index is 2.71. The second-order valence-corrected chi connectivity index (χ2v) is 7.18. The van der Waals surface area contributed by atoms with Crippen LogP contribution in [0.3, 0.4) is 0 Å². The third-order valence-electron chi connectivity index (χ3n) is 2.10. The van der Waals surface area contributed by atoms with Crippen LogP contribution in [0.25, 0.3) is 0 Å². The summed E-state index contributed by atoms with van der Waals surface area (Å²) in [7, 11) is 0. The number of allylic oxidation sites excluding steroid dienone is 3. The van der Waals surface area contributed by atoms with Crippen molar-refractivity contribution < 1.29 is 15.0 Å². The Kier molecular flexibility index (Phi) is 3.97. The number of alkyl halides is 2. The first-order valence-electron chi connectivity index (χ1n) is 4.28. The molecule has 0 bridgehead atoms. The van der Waals surface area contributed by atoms with Crippen LogP contribution in [0.4, 0.5) is 0 Å². The Morgan fingerprint density at radius 1 is 1.60 bits per heavy atom. The molecule has 4 N–H and O–H groups in total. The summed E-state index contributed by atoms with van der Waals surface area (Å²) >= 11 is 6.59. The standard InChI is InChI=1S/C9H11Br2NO3/c10-9(11)4-5(1-2-7(9)13)3-6(12)8(14)15/h1-2,6,13H,3-4,12H2,(H,14,15). The average molecular weight is 341 g/mol. The monoisotopic (exact) mass is 339 g/mol. The summed E-state index contributed by atoms with van der Waals surface area (Å²) in [5.41, 5.74) is 6.29. The van der Waals surface area contributed by atoms with E-state index in [0.717, 1.165) is 5.57 Å². The van der Waals surface area contributed by atoms with Crippen LogP contribution in [0, 0.1) is 0 Å². The van der Waals surface area contributed by atoms with Gasteiger partial charge >= 0.3 is 5.97 Å². The fraction of sp³-hybridized carbons (Fsp3) is 0.444. The van der Waals surface area contributed by atoms with Crippen molar-refractivity contribution in [2.24, 2.45) is 5.73 Å². The van der Waals surface area contributed by atoms with Crippen LogP contribution in [-0.4, -0.2) is 25.5 Å². The molecule has 0 spiro atoms. The van der Waals surface area contributed by atoms with Gasteiger partial charge in [-0.05, 0) is 12.5 Å². The molecule has 1 aliphatic carbocycles. The molecule has 1 unspecified atom stereocenters. The molecule has 1 aliphatic rings. The summed E-state index contributed by atoms with van der Waals surface area (Å²) in [4.78, 5) is 10.6. The molecule has 0 aromatic carbocycles. The minimum atomic E-state index is -1.02. The summed E-state index contributed by atoms with van der Waals surface area (Å²) < 4.78 is -0.692. The number of carboxylic acids is 1. The first-order chi connectivity index (χ1) is 6.83. The number of carbonyl (C=O) groups is 1. The molecule has 0 amide bonds. The molecule has 4 nitrogen and oxygen atoms in total. The zero-order valence-electron chi connectivity index (χ0n) is 7.78. The first kappa shape index (κ1) is 12.7. The minimum absolute atomic E-state index is 0.162. The molecule has 1 atom stereocenters. The molecule has 0 fully saturated rings. The van der Waals surface area contributed by atoms with Gasteiger partial charge in [-0.1, -0.05) is 43.5 Å². The molecule has 0 saturated carbocycles. The summed E-state index contributed by atoms with van der Waals surface area (Å²) in [6.07, 6.45) is 3.98. The lowest BCUT2D eigenvalue weighted by molar-refractivity contribution is -0.138. The zero-order valence-corrected chi connectivity index (χ0v) is 11.0. The van der Waals surface area contributed by atoms with Crippen LogP contribution >= 0.6 is 31.9 Å². The van der Waals surface area contributed by atoms with Gasteiger partial charge in [0, 0.05) is 6.42 Å². The van der Waals surface area contributed by atoms with Gasteiger partial charge in [0.15, 0.2) is 0 Å². The van der Waals surface area contributed by atoms with Crippen molar-refractivity contribution in [3.05, 3.63) is 23.5 Å². The van der Waals surface area contributed by atoms with Crippen LogP contribution in [0.15, 0.2) is 23.5 Å². The van der Waals surface area contributed by atoms with E-state index in [9.17, 15) is 9.90 Å². The lowest BCUT2D eigenvalue weighted by Crippen LogP contribution is -2.31. The number of hydrogen-bond donors (Lipinski definition) is 3. The largest absolute Gasteiger partial charge is 0.510 e.